The van der Waals surface area contributed by atoms with E-state index in [2.05, 4.69) is 11.1 Å². The molecule has 1 aliphatic rings. The number of aromatic nitrogens is 2. The van der Waals surface area contributed by atoms with E-state index in [0.717, 1.165) is 35.1 Å². The van der Waals surface area contributed by atoms with Gasteiger partial charge in [0.2, 0.25) is 0 Å². The third-order valence-corrected chi connectivity index (χ3v) is 4.70. The molecule has 0 aliphatic heterocycles. The van der Waals surface area contributed by atoms with Gasteiger partial charge in [0.25, 0.3) is 0 Å². The van der Waals surface area contributed by atoms with E-state index in [1.807, 2.05) is 36.3 Å². The van der Waals surface area contributed by atoms with E-state index >= 15 is 0 Å². The molecule has 4 rings (SSSR count). The molecule has 0 saturated heterocycles. The molecule has 24 heavy (non-hydrogen) atoms. The van der Waals surface area contributed by atoms with Gasteiger partial charge in [0.1, 0.15) is 5.75 Å². The first-order valence-electron chi connectivity index (χ1n) is 8.05. The number of carbonyl (C=O) groups is 1. The van der Waals surface area contributed by atoms with Crippen molar-refractivity contribution in [2.75, 3.05) is 0 Å². The number of pyridine rings is 1. The Bertz CT molecular complexity index is 927. The van der Waals surface area contributed by atoms with Gasteiger partial charge in [-0.3, -0.25) is 9.78 Å². The Balaban J connectivity index is 1.70. The predicted molar refractivity (Wildman–Crippen MR) is 92.1 cm³/mol. The van der Waals surface area contributed by atoms with Crippen molar-refractivity contribution in [3.63, 3.8) is 0 Å². The summed E-state index contributed by atoms with van der Waals surface area (Å²) in [4.78, 5) is 17.2. The Kier molecular flexibility index (Phi) is 3.45. The zero-order valence-corrected chi connectivity index (χ0v) is 13.4. The predicted octanol–water partition coefficient (Wildman–Crippen LogP) is 3.71. The standard InChI is InChI=1S/C20H18N2O2/c1-22-7-6-14(12-22)15-8-16(11-21-10-15)19-4-2-13-9-17(23)3-5-18(13)20(19)24/h3,5-12,19,23H,2,4H2,1H3/t19-/m0/s1. The van der Waals surface area contributed by atoms with Gasteiger partial charge >= 0.3 is 0 Å². The molecule has 2 heterocycles. The number of aromatic hydroxyl groups is 1. The minimum absolute atomic E-state index is 0.114. The maximum Gasteiger partial charge on any atom is 0.170 e. The first-order chi connectivity index (χ1) is 11.6. The number of phenols is 1. The SMILES string of the molecule is Cn1ccc(-c2cncc([C@@H]3CCc4cc(O)ccc4C3=O)c2)c1. The van der Waals surface area contributed by atoms with E-state index in [-0.39, 0.29) is 17.5 Å². The van der Waals surface area contributed by atoms with Gasteiger partial charge in [0.05, 0.1) is 0 Å². The molecule has 0 amide bonds. The van der Waals surface area contributed by atoms with Crippen LogP contribution in [0.2, 0.25) is 0 Å². The highest BCUT2D eigenvalue weighted by molar-refractivity contribution is 6.03. The molecule has 0 saturated carbocycles. The molecule has 1 atom stereocenters. The summed E-state index contributed by atoms with van der Waals surface area (Å²) in [5.41, 5.74) is 4.73. The van der Waals surface area contributed by atoms with Crippen LogP contribution in [-0.4, -0.2) is 20.4 Å². The summed E-state index contributed by atoms with van der Waals surface area (Å²) < 4.78 is 2.00. The van der Waals surface area contributed by atoms with E-state index in [9.17, 15) is 9.90 Å². The van der Waals surface area contributed by atoms with Crippen LogP contribution in [0, 0.1) is 0 Å². The number of benzene rings is 1. The highest BCUT2D eigenvalue weighted by atomic mass is 16.3. The van der Waals surface area contributed by atoms with Gasteiger partial charge < -0.3 is 9.67 Å². The maximum atomic E-state index is 12.9. The van der Waals surface area contributed by atoms with Crippen LogP contribution in [0.4, 0.5) is 0 Å². The molecule has 0 bridgehead atoms. The fraction of sp³-hybridized carbons (Fsp3) is 0.200. The Labute approximate surface area is 140 Å². The third-order valence-electron chi connectivity index (χ3n) is 4.70. The van der Waals surface area contributed by atoms with Crippen molar-refractivity contribution in [3.8, 4) is 16.9 Å². The Hall–Kier alpha value is -2.88. The summed E-state index contributed by atoms with van der Waals surface area (Å²) in [6.45, 7) is 0. The van der Waals surface area contributed by atoms with E-state index in [4.69, 9.17) is 0 Å². The molecular formula is C20H18N2O2. The van der Waals surface area contributed by atoms with Crippen molar-refractivity contribution in [1.82, 2.24) is 9.55 Å². The number of carbonyl (C=O) groups excluding carboxylic acids is 1. The van der Waals surface area contributed by atoms with Crippen LogP contribution in [0.5, 0.6) is 5.75 Å². The molecule has 4 heteroatoms. The highest BCUT2D eigenvalue weighted by Crippen LogP contribution is 2.35. The number of hydrogen-bond acceptors (Lipinski definition) is 3. The van der Waals surface area contributed by atoms with Crippen molar-refractivity contribution in [2.45, 2.75) is 18.8 Å². The Morgan fingerprint density at radius 2 is 2.04 bits per heavy atom. The number of fused-ring (bicyclic) bond motifs is 1. The summed E-state index contributed by atoms with van der Waals surface area (Å²) >= 11 is 0. The van der Waals surface area contributed by atoms with E-state index in [0.29, 0.717) is 5.56 Å². The lowest BCUT2D eigenvalue weighted by atomic mass is 9.79. The molecule has 0 spiro atoms. The van der Waals surface area contributed by atoms with E-state index in [1.165, 1.54) is 0 Å². The zero-order valence-electron chi connectivity index (χ0n) is 13.4. The second-order valence-corrected chi connectivity index (χ2v) is 6.37. The zero-order chi connectivity index (χ0) is 16.7. The van der Waals surface area contributed by atoms with Crippen LogP contribution in [-0.2, 0) is 13.5 Å². The van der Waals surface area contributed by atoms with Gasteiger partial charge in [-0.2, -0.15) is 0 Å². The Morgan fingerprint density at radius 3 is 2.83 bits per heavy atom. The van der Waals surface area contributed by atoms with Gasteiger partial charge in [-0.15, -0.1) is 0 Å². The van der Waals surface area contributed by atoms with E-state index < -0.39 is 0 Å². The van der Waals surface area contributed by atoms with Gasteiger partial charge in [0, 0.05) is 54.4 Å². The highest BCUT2D eigenvalue weighted by Gasteiger charge is 2.29. The number of ketones is 1. The first-order valence-corrected chi connectivity index (χ1v) is 8.05. The van der Waals surface area contributed by atoms with E-state index in [1.54, 1.807) is 24.4 Å². The fourth-order valence-electron chi connectivity index (χ4n) is 3.44. The normalized spacial score (nSPS) is 16.9. The molecule has 1 N–H and O–H groups in total. The molecule has 120 valence electrons. The van der Waals surface area contributed by atoms with Gasteiger partial charge in [0.15, 0.2) is 5.78 Å². The van der Waals surface area contributed by atoms with Crippen molar-refractivity contribution < 1.29 is 9.90 Å². The van der Waals surface area contributed by atoms with Crippen LogP contribution in [0.3, 0.4) is 0 Å². The number of Topliss-reactive ketones (excluding diaryl/α,β-unsaturated/α-hetero) is 1. The molecule has 4 nitrogen and oxygen atoms in total. The molecule has 1 aromatic carbocycles. The van der Waals surface area contributed by atoms with Gasteiger partial charge in [-0.05, 0) is 54.3 Å². The van der Waals surface area contributed by atoms with Gasteiger partial charge in [-0.1, -0.05) is 0 Å². The number of rotatable bonds is 2. The molecule has 3 aromatic rings. The molecule has 2 aromatic heterocycles. The molecule has 1 aliphatic carbocycles. The van der Waals surface area contributed by atoms with Crippen LogP contribution < -0.4 is 0 Å². The molecular weight excluding hydrogens is 300 g/mol. The van der Waals surface area contributed by atoms with Gasteiger partial charge in [-0.25, -0.2) is 0 Å². The average molecular weight is 318 g/mol. The van der Waals surface area contributed by atoms with Crippen LogP contribution in [0.1, 0.15) is 33.8 Å². The summed E-state index contributed by atoms with van der Waals surface area (Å²) in [6.07, 6.45) is 9.20. The summed E-state index contributed by atoms with van der Waals surface area (Å²) in [7, 11) is 1.98. The summed E-state index contributed by atoms with van der Waals surface area (Å²) in [5.74, 6) is 0.161. The minimum atomic E-state index is -0.168. The van der Waals surface area contributed by atoms with Crippen molar-refractivity contribution >= 4 is 5.78 Å². The quantitative estimate of drug-likeness (QED) is 0.784. The monoisotopic (exact) mass is 318 g/mol. The first kappa shape index (κ1) is 14.7. The Morgan fingerprint density at radius 1 is 1.17 bits per heavy atom. The lowest BCUT2D eigenvalue weighted by Gasteiger charge is -2.23. The molecule has 0 fully saturated rings. The third kappa shape index (κ3) is 2.50. The number of phenolic OH excluding ortho intramolecular Hbond substituents is 1. The van der Waals surface area contributed by atoms with Crippen LogP contribution in [0.25, 0.3) is 11.1 Å². The van der Waals surface area contributed by atoms with Crippen molar-refractivity contribution in [2.24, 2.45) is 7.05 Å². The molecule has 0 unspecified atom stereocenters. The second-order valence-electron chi connectivity index (χ2n) is 6.37. The average Bonchev–Trinajstić information content (AvgIpc) is 3.02. The summed E-state index contributed by atoms with van der Waals surface area (Å²) in [5, 5.41) is 9.60. The van der Waals surface area contributed by atoms with Crippen LogP contribution in [0.15, 0.2) is 55.1 Å². The fourth-order valence-corrected chi connectivity index (χ4v) is 3.44. The minimum Gasteiger partial charge on any atom is -0.508 e. The number of nitrogens with zero attached hydrogens (tertiary/aromatic N) is 2. The number of hydrogen-bond donors (Lipinski definition) is 1. The topological polar surface area (TPSA) is 55.1 Å². The summed E-state index contributed by atoms with van der Waals surface area (Å²) in [6, 6.07) is 9.12. The number of aryl methyl sites for hydroxylation is 2. The van der Waals surface area contributed by atoms with Crippen molar-refractivity contribution in [1.29, 1.82) is 0 Å². The largest absolute Gasteiger partial charge is 0.508 e. The maximum absolute atomic E-state index is 12.9. The lowest BCUT2D eigenvalue weighted by molar-refractivity contribution is 0.0946. The second kappa shape index (κ2) is 5.64. The lowest BCUT2D eigenvalue weighted by Crippen LogP contribution is -2.21. The van der Waals surface area contributed by atoms with Crippen molar-refractivity contribution in [3.05, 3.63) is 71.8 Å². The smallest absolute Gasteiger partial charge is 0.170 e. The molecule has 0 radical (unpaired) electrons. The van der Waals surface area contributed by atoms with Crippen LogP contribution >= 0.6 is 0 Å².